The molecule has 0 radical (unpaired) electrons. The fourth-order valence-electron chi connectivity index (χ4n) is 3.12. The molecule has 2 aromatic carbocycles. The molecular weight excluding hydrogens is 258 g/mol. The Morgan fingerprint density at radius 1 is 0.857 bits per heavy atom. The van der Waals surface area contributed by atoms with Crippen LogP contribution in [-0.2, 0) is 6.54 Å². The third-order valence-corrected chi connectivity index (χ3v) is 4.08. The topological polar surface area (TPSA) is 22.0 Å². The van der Waals surface area contributed by atoms with Crippen LogP contribution in [0.1, 0.15) is 12.1 Å². The van der Waals surface area contributed by atoms with Gasteiger partial charge in [-0.1, -0.05) is 54.6 Å². The number of benzene rings is 2. The van der Waals surface area contributed by atoms with Crippen molar-refractivity contribution in [3.05, 3.63) is 76.7 Å². The summed E-state index contributed by atoms with van der Waals surface area (Å²) in [5, 5.41) is 1.84. The smallest absolute Gasteiger partial charge is 0.258 e. The second-order valence-electron chi connectivity index (χ2n) is 5.32. The molecule has 102 valence electrons. The highest BCUT2D eigenvalue weighted by Crippen LogP contribution is 2.32. The van der Waals surface area contributed by atoms with Crippen LogP contribution in [0.5, 0.6) is 0 Å². The third kappa shape index (κ3) is 1.83. The zero-order valence-corrected chi connectivity index (χ0v) is 11.6. The molecule has 0 saturated heterocycles. The summed E-state index contributed by atoms with van der Waals surface area (Å²) in [5.41, 5.74) is 3.45. The van der Waals surface area contributed by atoms with Gasteiger partial charge in [0.1, 0.15) is 0 Å². The minimum atomic E-state index is 0.115. The van der Waals surface area contributed by atoms with Gasteiger partial charge in [0.15, 0.2) is 0 Å². The summed E-state index contributed by atoms with van der Waals surface area (Å²) in [6.07, 6.45) is 5.15. The van der Waals surface area contributed by atoms with Crippen molar-refractivity contribution in [3.8, 4) is 11.1 Å². The molecule has 0 saturated carbocycles. The molecule has 0 N–H and O–H groups in total. The molecule has 3 aromatic rings. The Labute approximate surface area is 123 Å². The number of allylic oxidation sites excluding steroid dienone is 1. The molecule has 21 heavy (non-hydrogen) atoms. The summed E-state index contributed by atoms with van der Waals surface area (Å²) in [4.78, 5) is 12.7. The van der Waals surface area contributed by atoms with E-state index in [-0.39, 0.29) is 5.56 Å². The number of aromatic nitrogens is 1. The first-order valence-electron chi connectivity index (χ1n) is 7.24. The zero-order chi connectivity index (χ0) is 14.2. The average molecular weight is 273 g/mol. The van der Waals surface area contributed by atoms with Gasteiger partial charge in [-0.3, -0.25) is 4.79 Å². The summed E-state index contributed by atoms with van der Waals surface area (Å²) in [7, 11) is 0. The average Bonchev–Trinajstić information content (AvgIpc) is 2.56. The molecule has 2 heteroatoms. The van der Waals surface area contributed by atoms with Crippen molar-refractivity contribution in [2.24, 2.45) is 0 Å². The number of hydrogen-bond acceptors (Lipinski definition) is 1. The van der Waals surface area contributed by atoms with Crippen LogP contribution in [0.25, 0.3) is 28.0 Å². The van der Waals surface area contributed by atoms with Crippen LogP contribution in [-0.4, -0.2) is 4.57 Å². The highest BCUT2D eigenvalue weighted by Gasteiger charge is 2.17. The van der Waals surface area contributed by atoms with E-state index in [2.05, 4.69) is 24.3 Å². The summed E-state index contributed by atoms with van der Waals surface area (Å²) in [6.45, 7) is 0.759. The highest BCUT2D eigenvalue weighted by atomic mass is 16.1. The van der Waals surface area contributed by atoms with Crippen molar-refractivity contribution >= 4 is 16.8 Å². The lowest BCUT2D eigenvalue weighted by molar-refractivity contribution is 0.671. The van der Waals surface area contributed by atoms with Gasteiger partial charge >= 0.3 is 0 Å². The largest absolute Gasteiger partial charge is 0.307 e. The van der Waals surface area contributed by atoms with Gasteiger partial charge in [0.2, 0.25) is 0 Å². The van der Waals surface area contributed by atoms with Crippen LogP contribution < -0.4 is 5.56 Å². The van der Waals surface area contributed by atoms with Crippen molar-refractivity contribution in [3.63, 3.8) is 0 Å². The lowest BCUT2D eigenvalue weighted by atomic mass is 9.95. The van der Waals surface area contributed by atoms with Crippen LogP contribution in [0, 0.1) is 0 Å². The first kappa shape index (κ1) is 12.2. The van der Waals surface area contributed by atoms with Gasteiger partial charge in [-0.05, 0) is 29.5 Å². The first-order valence-corrected chi connectivity index (χ1v) is 7.24. The van der Waals surface area contributed by atoms with E-state index < -0.39 is 0 Å². The van der Waals surface area contributed by atoms with Gasteiger partial charge in [-0.25, -0.2) is 0 Å². The van der Waals surface area contributed by atoms with Crippen LogP contribution >= 0.6 is 0 Å². The molecule has 2 nitrogen and oxygen atoms in total. The van der Waals surface area contributed by atoms with E-state index in [1.54, 1.807) is 0 Å². The Bertz CT molecular complexity index is 904. The molecule has 0 fully saturated rings. The molecule has 0 spiro atoms. The van der Waals surface area contributed by atoms with Crippen LogP contribution in [0.3, 0.4) is 0 Å². The lowest BCUT2D eigenvalue weighted by Crippen LogP contribution is -2.24. The Morgan fingerprint density at radius 3 is 2.38 bits per heavy atom. The fourth-order valence-corrected chi connectivity index (χ4v) is 3.12. The van der Waals surface area contributed by atoms with Crippen molar-refractivity contribution in [1.82, 2.24) is 4.57 Å². The molecule has 0 amide bonds. The number of pyridine rings is 1. The van der Waals surface area contributed by atoms with Gasteiger partial charge in [-0.15, -0.1) is 0 Å². The Morgan fingerprint density at radius 2 is 1.57 bits per heavy atom. The summed E-state index contributed by atoms with van der Waals surface area (Å²) in [5.74, 6) is 0. The molecule has 1 aliphatic heterocycles. The molecule has 0 aliphatic carbocycles. The molecule has 1 aliphatic rings. The second kappa shape index (κ2) is 4.74. The lowest BCUT2D eigenvalue weighted by Gasteiger charge is -2.20. The number of hydrogen-bond donors (Lipinski definition) is 0. The maximum atomic E-state index is 12.7. The number of rotatable bonds is 1. The van der Waals surface area contributed by atoms with Crippen molar-refractivity contribution < 1.29 is 0 Å². The Kier molecular flexibility index (Phi) is 2.74. The van der Waals surface area contributed by atoms with Gasteiger partial charge < -0.3 is 4.57 Å². The minimum Gasteiger partial charge on any atom is -0.307 e. The van der Waals surface area contributed by atoms with Gasteiger partial charge in [-0.2, -0.15) is 0 Å². The Balaban J connectivity index is 2.22. The van der Waals surface area contributed by atoms with E-state index in [4.69, 9.17) is 0 Å². The van der Waals surface area contributed by atoms with Gasteiger partial charge in [0, 0.05) is 17.5 Å². The van der Waals surface area contributed by atoms with Crippen molar-refractivity contribution in [1.29, 1.82) is 0 Å². The zero-order valence-electron chi connectivity index (χ0n) is 11.6. The Hall–Kier alpha value is -2.61. The molecule has 0 atom stereocenters. The molecule has 1 aromatic heterocycles. The molecule has 4 rings (SSSR count). The van der Waals surface area contributed by atoms with Crippen LogP contribution in [0.2, 0.25) is 0 Å². The molecule has 0 bridgehead atoms. The minimum absolute atomic E-state index is 0.115. The second-order valence-corrected chi connectivity index (χ2v) is 5.32. The third-order valence-electron chi connectivity index (χ3n) is 4.08. The van der Waals surface area contributed by atoms with E-state index in [0.29, 0.717) is 0 Å². The first-order chi connectivity index (χ1) is 10.4. The quantitative estimate of drug-likeness (QED) is 0.654. The SMILES string of the molecule is O=c1c2ccccc2c(-c2ccccc2)c2n1CCC=C2. The van der Waals surface area contributed by atoms with Crippen molar-refractivity contribution in [2.45, 2.75) is 13.0 Å². The van der Waals surface area contributed by atoms with E-state index in [1.165, 1.54) is 0 Å². The predicted octanol–water partition coefficient (Wildman–Crippen LogP) is 4.09. The summed E-state index contributed by atoms with van der Waals surface area (Å²) >= 11 is 0. The van der Waals surface area contributed by atoms with Crippen LogP contribution in [0.4, 0.5) is 0 Å². The standard InChI is InChI=1S/C19H15NO/c21-19-16-11-5-4-10-15(16)18(14-8-2-1-3-9-14)17-12-6-7-13-20(17)19/h1-6,8-12H,7,13H2. The highest BCUT2D eigenvalue weighted by molar-refractivity contribution is 5.99. The van der Waals surface area contributed by atoms with Crippen molar-refractivity contribution in [2.75, 3.05) is 0 Å². The molecule has 0 unspecified atom stereocenters. The predicted molar refractivity (Wildman–Crippen MR) is 87.3 cm³/mol. The van der Waals surface area contributed by atoms with Gasteiger partial charge in [0.25, 0.3) is 5.56 Å². The van der Waals surface area contributed by atoms with E-state index in [1.807, 2.05) is 47.0 Å². The molecular formula is C19H15NO. The maximum absolute atomic E-state index is 12.7. The summed E-state index contributed by atoms with van der Waals surface area (Å²) < 4.78 is 1.91. The monoisotopic (exact) mass is 273 g/mol. The van der Waals surface area contributed by atoms with Crippen LogP contribution in [0.15, 0.2) is 65.5 Å². The summed E-state index contributed by atoms with van der Waals surface area (Å²) in [6, 6.07) is 18.2. The van der Waals surface area contributed by atoms with E-state index in [0.717, 1.165) is 40.6 Å². The van der Waals surface area contributed by atoms with E-state index in [9.17, 15) is 4.79 Å². The maximum Gasteiger partial charge on any atom is 0.258 e. The molecule has 2 heterocycles. The van der Waals surface area contributed by atoms with E-state index >= 15 is 0 Å². The number of nitrogens with zero attached hydrogens (tertiary/aromatic N) is 1. The number of fused-ring (bicyclic) bond motifs is 2. The van der Waals surface area contributed by atoms with Gasteiger partial charge in [0.05, 0.1) is 5.69 Å². The normalized spacial score (nSPS) is 13.3. The fraction of sp³-hybridized carbons (Fsp3) is 0.105.